The monoisotopic (exact) mass is 345 g/mol. The number of aliphatic imine (C=N–C) groups is 1. The van der Waals surface area contributed by atoms with Crippen LogP contribution >= 0.6 is 0 Å². The van der Waals surface area contributed by atoms with E-state index in [1.165, 1.54) is 0 Å². The summed E-state index contributed by atoms with van der Waals surface area (Å²) in [6.45, 7) is 0. The molecule has 1 aliphatic heterocycles. The maximum atomic E-state index is 9.58. The molecule has 0 radical (unpaired) electrons. The molecule has 1 unspecified atom stereocenters. The van der Waals surface area contributed by atoms with Crippen LogP contribution in [0.4, 0.5) is 5.69 Å². The van der Waals surface area contributed by atoms with E-state index in [4.69, 9.17) is 14.5 Å². The number of benzene rings is 3. The molecule has 26 heavy (non-hydrogen) atoms. The van der Waals surface area contributed by atoms with Gasteiger partial charge in [-0.25, -0.2) is 4.99 Å². The van der Waals surface area contributed by atoms with Crippen LogP contribution in [-0.4, -0.2) is 17.9 Å². The smallest absolute Gasteiger partial charge is 0.145 e. The van der Waals surface area contributed by atoms with Crippen molar-refractivity contribution < 1.29 is 14.6 Å². The third-order valence-corrected chi connectivity index (χ3v) is 4.43. The minimum Gasteiger partial charge on any atom is -0.508 e. The number of fused-ring (bicyclic) bond motifs is 1. The van der Waals surface area contributed by atoms with Crippen molar-refractivity contribution >= 4 is 11.4 Å². The fourth-order valence-corrected chi connectivity index (χ4v) is 3.07. The Morgan fingerprint density at radius 2 is 1.81 bits per heavy atom. The van der Waals surface area contributed by atoms with Crippen molar-refractivity contribution in [3.05, 3.63) is 83.9 Å². The Morgan fingerprint density at radius 1 is 1.00 bits per heavy atom. The zero-order valence-corrected chi connectivity index (χ0v) is 14.4. The molecule has 0 saturated carbocycles. The van der Waals surface area contributed by atoms with Crippen LogP contribution < -0.4 is 9.47 Å². The zero-order chi connectivity index (χ0) is 17.9. The Morgan fingerprint density at radius 3 is 2.62 bits per heavy atom. The zero-order valence-electron chi connectivity index (χ0n) is 14.4. The molecule has 1 N–H and O–H groups in total. The van der Waals surface area contributed by atoms with Crippen molar-refractivity contribution in [3.63, 3.8) is 0 Å². The van der Waals surface area contributed by atoms with Gasteiger partial charge in [0.2, 0.25) is 0 Å². The summed E-state index contributed by atoms with van der Waals surface area (Å²) in [5.41, 5.74) is 3.73. The highest BCUT2D eigenvalue weighted by atomic mass is 16.5. The van der Waals surface area contributed by atoms with E-state index in [2.05, 4.69) is 0 Å². The SMILES string of the molecule is COc1cccc(C2CC(c3ccc(O)cc3)=Nc3ccccc3O2)c1. The van der Waals surface area contributed by atoms with Gasteiger partial charge in [-0.2, -0.15) is 0 Å². The molecular weight excluding hydrogens is 326 g/mol. The Labute approximate surface area is 152 Å². The summed E-state index contributed by atoms with van der Waals surface area (Å²) >= 11 is 0. The van der Waals surface area contributed by atoms with Gasteiger partial charge in [0.15, 0.2) is 0 Å². The van der Waals surface area contributed by atoms with E-state index in [1.807, 2.05) is 60.7 Å². The molecule has 4 rings (SSSR count). The molecule has 0 bridgehead atoms. The Hall–Kier alpha value is -3.27. The number of ether oxygens (including phenoxy) is 2. The van der Waals surface area contributed by atoms with Gasteiger partial charge in [0, 0.05) is 6.42 Å². The van der Waals surface area contributed by atoms with Gasteiger partial charge >= 0.3 is 0 Å². The van der Waals surface area contributed by atoms with Gasteiger partial charge in [0.25, 0.3) is 0 Å². The van der Waals surface area contributed by atoms with Gasteiger partial charge in [0.1, 0.15) is 29.0 Å². The van der Waals surface area contributed by atoms with Crippen LogP contribution in [-0.2, 0) is 0 Å². The minimum atomic E-state index is -0.179. The summed E-state index contributed by atoms with van der Waals surface area (Å²) < 4.78 is 11.7. The number of hydrogen-bond donors (Lipinski definition) is 1. The molecule has 3 aromatic carbocycles. The number of phenolic OH excluding ortho intramolecular Hbond substituents is 1. The van der Waals surface area contributed by atoms with Crippen LogP contribution in [0.3, 0.4) is 0 Å². The molecule has 1 heterocycles. The van der Waals surface area contributed by atoms with Gasteiger partial charge in [0.05, 0.1) is 12.8 Å². The van der Waals surface area contributed by atoms with Crippen LogP contribution in [0.25, 0.3) is 0 Å². The highest BCUT2D eigenvalue weighted by Gasteiger charge is 2.23. The highest BCUT2D eigenvalue weighted by Crippen LogP contribution is 2.38. The Kier molecular flexibility index (Phi) is 4.32. The molecule has 0 aliphatic carbocycles. The molecule has 1 atom stereocenters. The first kappa shape index (κ1) is 16.2. The highest BCUT2D eigenvalue weighted by molar-refractivity contribution is 6.03. The topological polar surface area (TPSA) is 51.0 Å². The number of nitrogens with zero attached hydrogens (tertiary/aromatic N) is 1. The molecule has 0 spiro atoms. The van der Waals surface area contributed by atoms with E-state index >= 15 is 0 Å². The molecular formula is C22H19NO3. The first-order chi connectivity index (χ1) is 12.7. The van der Waals surface area contributed by atoms with Crippen molar-refractivity contribution in [1.82, 2.24) is 0 Å². The fraction of sp³-hybridized carbons (Fsp3) is 0.136. The first-order valence-electron chi connectivity index (χ1n) is 8.49. The predicted molar refractivity (Wildman–Crippen MR) is 102 cm³/mol. The standard InChI is InChI=1S/C22H19NO3/c1-25-18-6-4-5-16(13-18)22-14-20(15-9-11-17(24)12-10-15)23-19-7-2-3-8-21(19)26-22/h2-13,22,24H,14H2,1H3. The lowest BCUT2D eigenvalue weighted by atomic mass is 9.99. The number of para-hydroxylation sites is 2. The Bertz CT molecular complexity index is 948. The van der Waals surface area contributed by atoms with Crippen LogP contribution in [0, 0.1) is 0 Å². The van der Waals surface area contributed by atoms with Crippen molar-refractivity contribution in [1.29, 1.82) is 0 Å². The summed E-state index contributed by atoms with van der Waals surface area (Å²) in [4.78, 5) is 4.84. The third-order valence-electron chi connectivity index (χ3n) is 4.43. The van der Waals surface area contributed by atoms with Gasteiger partial charge in [-0.15, -0.1) is 0 Å². The lowest BCUT2D eigenvalue weighted by Crippen LogP contribution is -2.12. The van der Waals surface area contributed by atoms with E-state index in [9.17, 15) is 5.11 Å². The van der Waals surface area contributed by atoms with E-state index in [0.29, 0.717) is 6.42 Å². The number of methoxy groups -OCH3 is 1. The number of rotatable bonds is 3. The summed E-state index contributed by atoms with van der Waals surface area (Å²) in [7, 11) is 1.66. The molecule has 4 heteroatoms. The summed E-state index contributed by atoms with van der Waals surface area (Å²) in [6, 6.07) is 22.8. The normalized spacial score (nSPS) is 16.0. The van der Waals surface area contributed by atoms with Gasteiger partial charge in [-0.1, -0.05) is 24.3 Å². The molecule has 3 aromatic rings. The van der Waals surface area contributed by atoms with E-state index < -0.39 is 0 Å². The maximum Gasteiger partial charge on any atom is 0.145 e. The maximum absolute atomic E-state index is 9.58. The molecule has 0 aromatic heterocycles. The van der Waals surface area contributed by atoms with Crippen LogP contribution in [0.15, 0.2) is 77.8 Å². The van der Waals surface area contributed by atoms with Crippen molar-refractivity contribution in [2.75, 3.05) is 7.11 Å². The van der Waals surface area contributed by atoms with Crippen LogP contribution in [0.5, 0.6) is 17.2 Å². The summed E-state index contributed by atoms with van der Waals surface area (Å²) in [5, 5.41) is 9.58. The fourth-order valence-electron chi connectivity index (χ4n) is 3.07. The largest absolute Gasteiger partial charge is 0.508 e. The number of hydrogen-bond acceptors (Lipinski definition) is 4. The molecule has 0 amide bonds. The molecule has 130 valence electrons. The van der Waals surface area contributed by atoms with Gasteiger partial charge in [-0.3, -0.25) is 0 Å². The number of phenols is 1. The summed E-state index contributed by atoms with van der Waals surface area (Å²) in [5.74, 6) is 1.80. The Balaban J connectivity index is 1.78. The average molecular weight is 345 g/mol. The van der Waals surface area contributed by atoms with E-state index in [1.54, 1.807) is 19.2 Å². The quantitative estimate of drug-likeness (QED) is 0.723. The van der Waals surface area contributed by atoms with E-state index in [0.717, 1.165) is 34.0 Å². The first-order valence-corrected chi connectivity index (χ1v) is 8.49. The lowest BCUT2D eigenvalue weighted by Gasteiger charge is -2.19. The van der Waals surface area contributed by atoms with Crippen LogP contribution in [0.2, 0.25) is 0 Å². The molecule has 0 fully saturated rings. The predicted octanol–water partition coefficient (Wildman–Crippen LogP) is 5.05. The van der Waals surface area contributed by atoms with E-state index in [-0.39, 0.29) is 11.9 Å². The third kappa shape index (κ3) is 3.26. The number of aromatic hydroxyl groups is 1. The molecule has 0 saturated heterocycles. The minimum absolute atomic E-state index is 0.179. The van der Waals surface area contributed by atoms with Crippen molar-refractivity contribution in [2.24, 2.45) is 4.99 Å². The summed E-state index contributed by atoms with van der Waals surface area (Å²) in [6.07, 6.45) is 0.438. The average Bonchev–Trinajstić information content (AvgIpc) is 2.88. The molecule has 1 aliphatic rings. The lowest BCUT2D eigenvalue weighted by molar-refractivity contribution is 0.217. The van der Waals surface area contributed by atoms with Gasteiger partial charge < -0.3 is 14.6 Å². The second kappa shape index (κ2) is 6.92. The van der Waals surface area contributed by atoms with Crippen molar-refractivity contribution in [2.45, 2.75) is 12.5 Å². The molecule has 4 nitrogen and oxygen atoms in total. The second-order valence-electron chi connectivity index (χ2n) is 6.16. The van der Waals surface area contributed by atoms with Gasteiger partial charge in [-0.05, 0) is 59.7 Å². The van der Waals surface area contributed by atoms with Crippen molar-refractivity contribution in [3.8, 4) is 17.2 Å². The van der Waals surface area contributed by atoms with Crippen LogP contribution in [0.1, 0.15) is 23.7 Å². The second-order valence-corrected chi connectivity index (χ2v) is 6.16.